The van der Waals surface area contributed by atoms with E-state index in [-0.39, 0.29) is 0 Å². The normalized spacial score (nSPS) is 36.0. The van der Waals surface area contributed by atoms with E-state index in [0.29, 0.717) is 0 Å². The largest absolute Gasteiger partial charge is 0.334 e. The van der Waals surface area contributed by atoms with Crippen LogP contribution in [0.5, 0.6) is 0 Å². The highest BCUT2D eigenvalue weighted by molar-refractivity contribution is 5.21. The van der Waals surface area contributed by atoms with Crippen LogP contribution < -0.4 is 0 Å². The predicted octanol–water partition coefficient (Wildman–Crippen LogP) is 1.00. The molecule has 1 aliphatic carbocycles. The smallest absolute Gasteiger partial charge is 0.0948 e. The van der Waals surface area contributed by atoms with E-state index < -0.39 is 0 Å². The number of nitrogens with zero attached hydrogens (tertiary/aromatic N) is 2. The van der Waals surface area contributed by atoms with Gasteiger partial charge in [-0.25, -0.2) is 4.98 Å². The van der Waals surface area contributed by atoms with Crippen molar-refractivity contribution >= 4 is 0 Å². The average molecular weight is 120 g/mol. The molecule has 2 unspecified atom stereocenters. The molecule has 2 heterocycles. The number of hydrogen-bond acceptors (Lipinski definition) is 1. The van der Waals surface area contributed by atoms with E-state index in [1.807, 2.05) is 12.5 Å². The molecule has 2 nitrogen and oxygen atoms in total. The van der Waals surface area contributed by atoms with E-state index in [2.05, 4.69) is 9.55 Å². The number of fused-ring (bicyclic) bond motifs is 3. The third-order valence-electron chi connectivity index (χ3n) is 2.48. The minimum absolute atomic E-state index is 0.896. The Balaban J connectivity index is 2.25. The maximum atomic E-state index is 4.08. The summed E-state index contributed by atoms with van der Waals surface area (Å²) in [5.41, 5.74) is 1.47. The quantitative estimate of drug-likeness (QED) is 0.499. The minimum atomic E-state index is 0.896. The number of aromatic nitrogens is 2. The van der Waals surface area contributed by atoms with E-state index in [0.717, 1.165) is 11.8 Å². The maximum Gasteiger partial charge on any atom is 0.0948 e. The molecule has 0 radical (unpaired) electrons. The van der Waals surface area contributed by atoms with Crippen LogP contribution in [0.3, 0.4) is 0 Å². The molecule has 0 saturated heterocycles. The van der Waals surface area contributed by atoms with Gasteiger partial charge in [-0.15, -0.1) is 0 Å². The van der Waals surface area contributed by atoms with Crippen LogP contribution >= 0.6 is 0 Å². The van der Waals surface area contributed by atoms with Gasteiger partial charge >= 0.3 is 0 Å². The Bertz CT molecular complexity index is 251. The molecule has 2 aliphatic rings. The van der Waals surface area contributed by atoms with E-state index in [9.17, 15) is 0 Å². The van der Waals surface area contributed by atoms with Gasteiger partial charge in [0.05, 0.1) is 6.33 Å². The average Bonchev–Trinajstić information content (AvgIpc) is 2.38. The SMILES string of the molecule is c1ncn2c1C1CC1C2. The molecule has 46 valence electrons. The van der Waals surface area contributed by atoms with Crippen LogP contribution in [-0.4, -0.2) is 9.55 Å². The van der Waals surface area contributed by atoms with Crippen molar-refractivity contribution in [3.8, 4) is 0 Å². The van der Waals surface area contributed by atoms with Crippen LogP contribution in [0.4, 0.5) is 0 Å². The van der Waals surface area contributed by atoms with Gasteiger partial charge in [0.25, 0.3) is 0 Å². The van der Waals surface area contributed by atoms with Crippen LogP contribution in [0.25, 0.3) is 0 Å². The van der Waals surface area contributed by atoms with Crippen molar-refractivity contribution in [2.45, 2.75) is 18.9 Å². The third-order valence-corrected chi connectivity index (χ3v) is 2.48. The van der Waals surface area contributed by atoms with Gasteiger partial charge in [-0.05, 0) is 12.3 Å². The summed E-state index contributed by atoms with van der Waals surface area (Å²) in [6, 6.07) is 0. The number of rotatable bonds is 0. The van der Waals surface area contributed by atoms with Gasteiger partial charge in [0, 0.05) is 24.4 Å². The summed E-state index contributed by atoms with van der Waals surface area (Å²) in [5.74, 6) is 1.88. The molecule has 9 heavy (non-hydrogen) atoms. The zero-order valence-corrected chi connectivity index (χ0v) is 5.12. The van der Waals surface area contributed by atoms with Crippen molar-refractivity contribution in [1.82, 2.24) is 9.55 Å². The van der Waals surface area contributed by atoms with Gasteiger partial charge in [0.2, 0.25) is 0 Å². The van der Waals surface area contributed by atoms with E-state index in [1.54, 1.807) is 0 Å². The van der Waals surface area contributed by atoms with Gasteiger partial charge in [-0.1, -0.05) is 0 Å². The molecule has 2 atom stereocenters. The standard InChI is InChI=1S/C7H8N2/c1-5-3-9-4-8-2-7(9)6(1)5/h2,4-6H,1,3H2. The predicted molar refractivity (Wildman–Crippen MR) is 33.1 cm³/mol. The van der Waals surface area contributed by atoms with Gasteiger partial charge < -0.3 is 4.57 Å². The molecule has 2 heteroatoms. The van der Waals surface area contributed by atoms with E-state index in [4.69, 9.17) is 0 Å². The second-order valence-electron chi connectivity index (χ2n) is 3.07. The molecular weight excluding hydrogens is 112 g/mol. The minimum Gasteiger partial charge on any atom is -0.334 e. The Morgan fingerprint density at radius 1 is 1.67 bits per heavy atom. The second kappa shape index (κ2) is 1.06. The van der Waals surface area contributed by atoms with Gasteiger partial charge in [0.1, 0.15) is 0 Å². The lowest BCUT2D eigenvalue weighted by Gasteiger charge is -1.95. The Morgan fingerprint density at radius 2 is 2.67 bits per heavy atom. The first-order valence-electron chi connectivity index (χ1n) is 3.45. The maximum absolute atomic E-state index is 4.08. The van der Waals surface area contributed by atoms with Crippen LogP contribution in [0, 0.1) is 5.92 Å². The topological polar surface area (TPSA) is 17.8 Å². The molecular formula is C7H8N2. The lowest BCUT2D eigenvalue weighted by molar-refractivity contribution is 0.666. The fourth-order valence-electron chi connectivity index (χ4n) is 1.86. The first-order chi connectivity index (χ1) is 4.45. The Kier molecular flexibility index (Phi) is 0.481. The number of hydrogen-bond donors (Lipinski definition) is 0. The second-order valence-corrected chi connectivity index (χ2v) is 3.07. The van der Waals surface area contributed by atoms with Crippen LogP contribution in [0.2, 0.25) is 0 Å². The summed E-state index contributed by atoms with van der Waals surface area (Å²) in [7, 11) is 0. The summed E-state index contributed by atoms with van der Waals surface area (Å²) in [6.45, 7) is 1.24. The highest BCUT2D eigenvalue weighted by Gasteiger charge is 2.45. The zero-order valence-electron chi connectivity index (χ0n) is 5.12. The Morgan fingerprint density at radius 3 is 3.56 bits per heavy atom. The summed E-state index contributed by atoms with van der Waals surface area (Å²) in [5, 5.41) is 0. The molecule has 3 rings (SSSR count). The van der Waals surface area contributed by atoms with Crippen LogP contribution in [-0.2, 0) is 6.54 Å². The molecule has 1 aromatic rings. The summed E-state index contributed by atoms with van der Waals surface area (Å²) >= 11 is 0. The molecule has 0 aromatic carbocycles. The van der Waals surface area contributed by atoms with Gasteiger partial charge in [0.15, 0.2) is 0 Å². The Hall–Kier alpha value is -0.790. The van der Waals surface area contributed by atoms with Gasteiger partial charge in [-0.2, -0.15) is 0 Å². The van der Waals surface area contributed by atoms with Crippen molar-refractivity contribution in [3.63, 3.8) is 0 Å². The van der Waals surface area contributed by atoms with Crippen molar-refractivity contribution in [2.75, 3.05) is 0 Å². The summed E-state index contributed by atoms with van der Waals surface area (Å²) in [6.07, 6.45) is 5.38. The lowest BCUT2D eigenvalue weighted by atomic mass is 10.3. The highest BCUT2D eigenvalue weighted by atomic mass is 15.1. The van der Waals surface area contributed by atoms with Crippen molar-refractivity contribution in [2.24, 2.45) is 5.92 Å². The first kappa shape index (κ1) is 4.09. The fraction of sp³-hybridized carbons (Fsp3) is 0.571. The van der Waals surface area contributed by atoms with Crippen molar-refractivity contribution in [3.05, 3.63) is 18.2 Å². The van der Waals surface area contributed by atoms with Crippen molar-refractivity contribution in [1.29, 1.82) is 0 Å². The van der Waals surface area contributed by atoms with E-state index in [1.165, 1.54) is 18.7 Å². The highest BCUT2D eigenvalue weighted by Crippen LogP contribution is 2.52. The van der Waals surface area contributed by atoms with Crippen LogP contribution in [0.15, 0.2) is 12.5 Å². The monoisotopic (exact) mass is 120 g/mol. The third kappa shape index (κ3) is 0.363. The zero-order chi connectivity index (χ0) is 5.84. The Labute approximate surface area is 53.5 Å². The lowest BCUT2D eigenvalue weighted by Crippen LogP contribution is -1.93. The van der Waals surface area contributed by atoms with Crippen LogP contribution in [0.1, 0.15) is 18.0 Å². The molecule has 0 bridgehead atoms. The fourth-order valence-corrected chi connectivity index (χ4v) is 1.86. The molecule has 1 aromatic heterocycles. The molecule has 1 saturated carbocycles. The molecule has 1 fully saturated rings. The first-order valence-corrected chi connectivity index (χ1v) is 3.45. The molecule has 0 N–H and O–H groups in total. The molecule has 0 spiro atoms. The van der Waals surface area contributed by atoms with Crippen molar-refractivity contribution < 1.29 is 0 Å². The molecule has 1 aliphatic heterocycles. The summed E-state index contributed by atoms with van der Waals surface area (Å²) < 4.78 is 2.28. The number of imidazole rings is 1. The van der Waals surface area contributed by atoms with Gasteiger partial charge in [-0.3, -0.25) is 0 Å². The summed E-state index contributed by atoms with van der Waals surface area (Å²) in [4.78, 5) is 4.08. The molecule has 0 amide bonds. The van der Waals surface area contributed by atoms with E-state index >= 15 is 0 Å².